The molecular formula is C13H14FN3O3. The van der Waals surface area contributed by atoms with Gasteiger partial charge in [-0.2, -0.15) is 10.3 Å². The second-order valence-electron chi connectivity index (χ2n) is 3.85. The quantitative estimate of drug-likeness (QED) is 0.849. The highest BCUT2D eigenvalue weighted by molar-refractivity contribution is 5.93. The van der Waals surface area contributed by atoms with Crippen LogP contribution in [-0.2, 0) is 4.74 Å². The van der Waals surface area contributed by atoms with Crippen LogP contribution < -0.4 is 4.74 Å². The fourth-order valence-corrected chi connectivity index (χ4v) is 1.72. The van der Waals surface area contributed by atoms with E-state index in [9.17, 15) is 9.18 Å². The van der Waals surface area contributed by atoms with E-state index in [1.807, 2.05) is 0 Å². The van der Waals surface area contributed by atoms with Crippen molar-refractivity contribution in [2.75, 3.05) is 13.2 Å². The second kappa shape index (κ2) is 6.14. The zero-order chi connectivity index (χ0) is 14.5. The second-order valence-corrected chi connectivity index (χ2v) is 3.85. The number of ether oxygens (including phenoxy) is 2. The van der Waals surface area contributed by atoms with Crippen LogP contribution in [0.5, 0.6) is 5.75 Å². The van der Waals surface area contributed by atoms with Crippen LogP contribution in [0.2, 0.25) is 0 Å². The first-order chi connectivity index (χ1) is 9.65. The molecule has 0 bridgehead atoms. The van der Waals surface area contributed by atoms with Crippen molar-refractivity contribution in [1.82, 2.24) is 15.4 Å². The highest BCUT2D eigenvalue weighted by atomic mass is 19.1. The number of carbonyl (C=O) groups is 1. The van der Waals surface area contributed by atoms with Crippen LogP contribution in [0.4, 0.5) is 4.39 Å². The Balaban J connectivity index is 2.41. The molecule has 0 fully saturated rings. The Morgan fingerprint density at radius 1 is 1.25 bits per heavy atom. The van der Waals surface area contributed by atoms with E-state index in [1.54, 1.807) is 19.9 Å². The summed E-state index contributed by atoms with van der Waals surface area (Å²) >= 11 is 0. The molecule has 6 nitrogen and oxygen atoms in total. The van der Waals surface area contributed by atoms with Crippen LogP contribution in [0.25, 0.3) is 11.3 Å². The molecule has 20 heavy (non-hydrogen) atoms. The number of aromatic amines is 1. The molecule has 1 aromatic heterocycles. The van der Waals surface area contributed by atoms with E-state index in [0.717, 1.165) is 0 Å². The lowest BCUT2D eigenvalue weighted by Crippen LogP contribution is -2.07. The van der Waals surface area contributed by atoms with Gasteiger partial charge in [-0.1, -0.05) is 0 Å². The van der Waals surface area contributed by atoms with Gasteiger partial charge in [0.15, 0.2) is 5.69 Å². The zero-order valence-electron chi connectivity index (χ0n) is 11.1. The van der Waals surface area contributed by atoms with E-state index < -0.39 is 11.8 Å². The fourth-order valence-electron chi connectivity index (χ4n) is 1.72. The van der Waals surface area contributed by atoms with Crippen LogP contribution >= 0.6 is 0 Å². The third-order valence-electron chi connectivity index (χ3n) is 2.47. The van der Waals surface area contributed by atoms with Gasteiger partial charge in [-0.3, -0.25) is 0 Å². The Labute approximate surface area is 114 Å². The molecule has 0 atom stereocenters. The topological polar surface area (TPSA) is 77.1 Å². The molecule has 7 heteroatoms. The average Bonchev–Trinajstić information content (AvgIpc) is 2.88. The van der Waals surface area contributed by atoms with E-state index in [4.69, 9.17) is 9.47 Å². The standard InChI is InChI=1S/C13H14FN3O3/c1-3-19-10-6-8(5-9(14)7-10)11-12(16-17-15-11)13(18)20-4-2/h5-7H,3-4H2,1-2H3,(H,15,16,17). The third kappa shape index (κ3) is 2.93. The summed E-state index contributed by atoms with van der Waals surface area (Å²) in [4.78, 5) is 11.7. The summed E-state index contributed by atoms with van der Waals surface area (Å²) in [6.45, 7) is 4.11. The summed E-state index contributed by atoms with van der Waals surface area (Å²) in [5, 5.41) is 9.96. The molecule has 0 saturated carbocycles. The lowest BCUT2D eigenvalue weighted by atomic mass is 10.1. The lowest BCUT2D eigenvalue weighted by Gasteiger charge is -2.06. The number of benzene rings is 1. The van der Waals surface area contributed by atoms with Gasteiger partial charge in [-0.05, 0) is 26.0 Å². The molecule has 2 aromatic rings. The first-order valence-corrected chi connectivity index (χ1v) is 6.17. The van der Waals surface area contributed by atoms with Crippen LogP contribution in [0.15, 0.2) is 18.2 Å². The molecule has 0 spiro atoms. The van der Waals surface area contributed by atoms with E-state index in [0.29, 0.717) is 17.9 Å². The summed E-state index contributed by atoms with van der Waals surface area (Å²) in [7, 11) is 0. The number of carbonyl (C=O) groups excluding carboxylic acids is 1. The minimum atomic E-state index is -0.613. The number of nitrogens with one attached hydrogen (secondary N) is 1. The summed E-state index contributed by atoms with van der Waals surface area (Å²) in [6, 6.07) is 4.10. The van der Waals surface area contributed by atoms with E-state index >= 15 is 0 Å². The number of hydrogen-bond acceptors (Lipinski definition) is 5. The number of nitrogens with zero attached hydrogens (tertiary/aromatic N) is 2. The molecule has 106 valence electrons. The highest BCUT2D eigenvalue weighted by Crippen LogP contribution is 2.26. The van der Waals surface area contributed by atoms with Gasteiger partial charge >= 0.3 is 5.97 Å². The van der Waals surface area contributed by atoms with Gasteiger partial charge in [0.2, 0.25) is 0 Å². The number of esters is 1. The molecule has 0 radical (unpaired) electrons. The maximum absolute atomic E-state index is 13.6. The van der Waals surface area contributed by atoms with Gasteiger partial charge in [0.1, 0.15) is 17.3 Å². The van der Waals surface area contributed by atoms with Crippen LogP contribution in [-0.4, -0.2) is 34.6 Å². The summed E-state index contributed by atoms with van der Waals surface area (Å²) < 4.78 is 23.7. The Bertz CT molecular complexity index is 613. The van der Waals surface area contributed by atoms with Crippen molar-refractivity contribution in [1.29, 1.82) is 0 Å². The Morgan fingerprint density at radius 2 is 2.05 bits per heavy atom. The summed E-state index contributed by atoms with van der Waals surface area (Å²) in [5.74, 6) is -0.734. The molecule has 0 aliphatic carbocycles. The Morgan fingerprint density at radius 3 is 2.75 bits per heavy atom. The van der Waals surface area contributed by atoms with Crippen molar-refractivity contribution in [2.45, 2.75) is 13.8 Å². The monoisotopic (exact) mass is 279 g/mol. The molecule has 2 rings (SSSR count). The van der Waals surface area contributed by atoms with Gasteiger partial charge in [0.05, 0.1) is 13.2 Å². The number of halogens is 1. The molecule has 1 heterocycles. The van der Waals surface area contributed by atoms with Gasteiger partial charge < -0.3 is 9.47 Å². The first-order valence-electron chi connectivity index (χ1n) is 6.17. The summed E-state index contributed by atoms with van der Waals surface area (Å²) in [6.07, 6.45) is 0. The fraction of sp³-hybridized carbons (Fsp3) is 0.308. The average molecular weight is 279 g/mol. The SMILES string of the molecule is CCOC(=O)c1n[nH]nc1-c1cc(F)cc(OCC)c1. The molecule has 0 aliphatic heterocycles. The smallest absolute Gasteiger partial charge is 0.361 e. The van der Waals surface area contributed by atoms with Gasteiger partial charge in [-0.25, -0.2) is 9.18 Å². The van der Waals surface area contributed by atoms with Crippen LogP contribution in [0.1, 0.15) is 24.3 Å². The Hall–Kier alpha value is -2.44. The molecular weight excluding hydrogens is 265 g/mol. The van der Waals surface area contributed by atoms with Crippen molar-refractivity contribution in [3.05, 3.63) is 29.7 Å². The number of H-pyrrole nitrogens is 1. The van der Waals surface area contributed by atoms with Crippen LogP contribution in [0, 0.1) is 5.82 Å². The van der Waals surface area contributed by atoms with Crippen molar-refractivity contribution in [3.8, 4) is 17.0 Å². The minimum absolute atomic E-state index is 0.0138. The van der Waals surface area contributed by atoms with E-state index in [1.165, 1.54) is 12.1 Å². The van der Waals surface area contributed by atoms with Gasteiger partial charge in [-0.15, -0.1) is 5.10 Å². The van der Waals surface area contributed by atoms with Crippen molar-refractivity contribution in [3.63, 3.8) is 0 Å². The molecule has 1 N–H and O–H groups in total. The third-order valence-corrected chi connectivity index (χ3v) is 2.47. The van der Waals surface area contributed by atoms with Gasteiger partial charge in [0.25, 0.3) is 0 Å². The summed E-state index contributed by atoms with van der Waals surface area (Å²) in [5.41, 5.74) is 0.633. The highest BCUT2D eigenvalue weighted by Gasteiger charge is 2.20. The molecule has 0 amide bonds. The normalized spacial score (nSPS) is 10.3. The maximum atomic E-state index is 13.6. The molecule has 0 saturated heterocycles. The van der Waals surface area contributed by atoms with Crippen molar-refractivity contribution >= 4 is 5.97 Å². The number of rotatable bonds is 5. The van der Waals surface area contributed by atoms with Crippen molar-refractivity contribution < 1.29 is 18.7 Å². The van der Waals surface area contributed by atoms with E-state index in [2.05, 4.69) is 15.4 Å². The first kappa shape index (κ1) is 14.0. The molecule has 0 unspecified atom stereocenters. The Kier molecular flexibility index (Phi) is 4.29. The molecule has 1 aromatic carbocycles. The zero-order valence-corrected chi connectivity index (χ0v) is 11.1. The molecule has 0 aliphatic rings. The number of hydrogen-bond donors (Lipinski definition) is 1. The minimum Gasteiger partial charge on any atom is -0.494 e. The predicted octanol–water partition coefficient (Wildman–Crippen LogP) is 2.19. The van der Waals surface area contributed by atoms with Crippen LogP contribution in [0.3, 0.4) is 0 Å². The number of aromatic nitrogens is 3. The largest absolute Gasteiger partial charge is 0.494 e. The maximum Gasteiger partial charge on any atom is 0.361 e. The van der Waals surface area contributed by atoms with E-state index in [-0.39, 0.29) is 18.0 Å². The van der Waals surface area contributed by atoms with Gasteiger partial charge in [0, 0.05) is 11.6 Å². The van der Waals surface area contributed by atoms with Crippen molar-refractivity contribution in [2.24, 2.45) is 0 Å². The predicted molar refractivity (Wildman–Crippen MR) is 68.9 cm³/mol. The lowest BCUT2D eigenvalue weighted by molar-refractivity contribution is 0.0520.